The van der Waals surface area contributed by atoms with Crippen LogP contribution in [0.3, 0.4) is 0 Å². The lowest BCUT2D eigenvalue weighted by Gasteiger charge is -2.00. The molecule has 0 unspecified atom stereocenters. The number of nitrogen functional groups attached to an aromatic ring is 1. The third kappa shape index (κ3) is 1.75. The van der Waals surface area contributed by atoms with Crippen LogP contribution in [0.1, 0.15) is 0 Å². The molecule has 0 fully saturated rings. The molecule has 2 rings (SSSR count). The van der Waals surface area contributed by atoms with Crippen molar-refractivity contribution in [3.8, 4) is 0 Å². The molecule has 0 bridgehead atoms. The van der Waals surface area contributed by atoms with Gasteiger partial charge in [-0.15, -0.1) is 0 Å². The van der Waals surface area contributed by atoms with Gasteiger partial charge in [0, 0.05) is 15.9 Å². The molecule has 0 aliphatic rings. The number of nitro groups is 1. The number of fused-ring (bicyclic) bond motifs is 1. The molecule has 1 heterocycles. The lowest BCUT2D eigenvalue weighted by molar-refractivity contribution is -0.384. The maximum absolute atomic E-state index is 10.6. The SMILES string of the molecule is Nc1nc2cc(Br)ccc2cc1[N+](=O)[O-]. The maximum Gasteiger partial charge on any atom is 0.311 e. The van der Waals surface area contributed by atoms with Gasteiger partial charge < -0.3 is 5.73 Å². The summed E-state index contributed by atoms with van der Waals surface area (Å²) < 4.78 is 0.857. The third-order valence-corrected chi connectivity index (χ3v) is 2.48. The van der Waals surface area contributed by atoms with Crippen molar-refractivity contribution >= 4 is 38.3 Å². The molecule has 0 aliphatic carbocycles. The Hall–Kier alpha value is -1.69. The van der Waals surface area contributed by atoms with Crippen molar-refractivity contribution in [3.05, 3.63) is 38.9 Å². The number of rotatable bonds is 1. The predicted octanol–water partition coefficient (Wildman–Crippen LogP) is 2.49. The Balaban J connectivity index is 2.76. The molecular formula is C9H6BrN3O2. The normalized spacial score (nSPS) is 10.5. The summed E-state index contributed by atoms with van der Waals surface area (Å²) in [6.07, 6.45) is 0. The Bertz CT molecular complexity index is 556. The standard InChI is InChI=1S/C9H6BrN3O2/c10-6-2-1-5-3-8(13(14)15)9(11)12-7(5)4-6/h1-4H,(H2,11,12). The molecule has 0 saturated heterocycles. The van der Waals surface area contributed by atoms with Crippen LogP contribution in [0.25, 0.3) is 10.9 Å². The fraction of sp³-hybridized carbons (Fsp3) is 0. The quantitative estimate of drug-likeness (QED) is 0.636. The molecule has 5 nitrogen and oxygen atoms in total. The van der Waals surface area contributed by atoms with Gasteiger partial charge in [0.2, 0.25) is 5.82 Å². The van der Waals surface area contributed by atoms with Gasteiger partial charge in [0.15, 0.2) is 0 Å². The highest BCUT2D eigenvalue weighted by Gasteiger charge is 2.13. The zero-order valence-electron chi connectivity index (χ0n) is 7.48. The summed E-state index contributed by atoms with van der Waals surface area (Å²) in [5.41, 5.74) is 5.94. The molecule has 2 aromatic rings. The van der Waals surface area contributed by atoms with E-state index in [0.717, 1.165) is 4.47 Å². The van der Waals surface area contributed by atoms with Crippen LogP contribution < -0.4 is 5.73 Å². The molecule has 6 heteroatoms. The molecule has 0 amide bonds. The van der Waals surface area contributed by atoms with Gasteiger partial charge in [-0.2, -0.15) is 0 Å². The van der Waals surface area contributed by atoms with Crippen LogP contribution in [-0.2, 0) is 0 Å². The number of nitrogens with zero attached hydrogens (tertiary/aromatic N) is 2. The molecule has 0 radical (unpaired) electrons. The zero-order chi connectivity index (χ0) is 11.0. The number of nitrogens with two attached hydrogens (primary N) is 1. The van der Waals surface area contributed by atoms with Crippen LogP contribution in [0, 0.1) is 10.1 Å². The fourth-order valence-electron chi connectivity index (χ4n) is 1.29. The fourth-order valence-corrected chi connectivity index (χ4v) is 1.64. The summed E-state index contributed by atoms with van der Waals surface area (Å²) in [6, 6.07) is 6.72. The van der Waals surface area contributed by atoms with Crippen molar-refractivity contribution in [2.75, 3.05) is 5.73 Å². The van der Waals surface area contributed by atoms with E-state index in [1.165, 1.54) is 6.07 Å². The van der Waals surface area contributed by atoms with Gasteiger partial charge in [0.25, 0.3) is 0 Å². The molecule has 0 spiro atoms. The molecule has 76 valence electrons. The molecule has 15 heavy (non-hydrogen) atoms. The number of aromatic nitrogens is 1. The lowest BCUT2D eigenvalue weighted by Crippen LogP contribution is -1.98. The molecule has 1 aromatic heterocycles. The largest absolute Gasteiger partial charge is 0.378 e. The van der Waals surface area contributed by atoms with Gasteiger partial charge in [-0.1, -0.05) is 22.0 Å². The summed E-state index contributed by atoms with van der Waals surface area (Å²) in [5.74, 6) is -0.0643. The minimum absolute atomic E-state index is 0.0643. The topological polar surface area (TPSA) is 82.0 Å². The van der Waals surface area contributed by atoms with Crippen LogP contribution in [0.2, 0.25) is 0 Å². The first-order chi connectivity index (χ1) is 7.08. The summed E-state index contributed by atoms with van der Waals surface area (Å²) >= 11 is 3.29. The second-order valence-corrected chi connectivity index (χ2v) is 3.90. The van der Waals surface area contributed by atoms with Gasteiger partial charge in [-0.3, -0.25) is 10.1 Å². The summed E-state index contributed by atoms with van der Waals surface area (Å²) in [7, 11) is 0. The van der Waals surface area contributed by atoms with Crippen LogP contribution in [0.4, 0.5) is 11.5 Å². The molecule has 0 atom stereocenters. The molecular weight excluding hydrogens is 262 g/mol. The van der Waals surface area contributed by atoms with Crippen LogP contribution >= 0.6 is 15.9 Å². The maximum atomic E-state index is 10.6. The Morgan fingerprint density at radius 3 is 2.80 bits per heavy atom. The zero-order valence-corrected chi connectivity index (χ0v) is 9.06. The van der Waals surface area contributed by atoms with Crippen molar-refractivity contribution in [1.29, 1.82) is 0 Å². The molecule has 0 saturated carbocycles. The van der Waals surface area contributed by atoms with Gasteiger partial charge >= 0.3 is 5.69 Å². The lowest BCUT2D eigenvalue weighted by atomic mass is 10.2. The van der Waals surface area contributed by atoms with Crippen LogP contribution in [0.5, 0.6) is 0 Å². The van der Waals surface area contributed by atoms with Crippen LogP contribution in [0.15, 0.2) is 28.7 Å². The van der Waals surface area contributed by atoms with E-state index in [4.69, 9.17) is 5.73 Å². The van der Waals surface area contributed by atoms with E-state index in [9.17, 15) is 10.1 Å². The highest BCUT2D eigenvalue weighted by Crippen LogP contribution is 2.26. The third-order valence-electron chi connectivity index (χ3n) is 1.98. The number of halogens is 1. The first kappa shape index (κ1) is 9.85. The van der Waals surface area contributed by atoms with E-state index in [2.05, 4.69) is 20.9 Å². The van der Waals surface area contributed by atoms with Gasteiger partial charge in [-0.05, 0) is 12.1 Å². The first-order valence-corrected chi connectivity index (χ1v) is 4.87. The van der Waals surface area contributed by atoms with Crippen molar-refractivity contribution in [1.82, 2.24) is 4.98 Å². The Kier molecular flexibility index (Phi) is 2.28. The minimum Gasteiger partial charge on any atom is -0.378 e. The second kappa shape index (κ2) is 3.47. The van der Waals surface area contributed by atoms with E-state index in [-0.39, 0.29) is 11.5 Å². The summed E-state index contributed by atoms with van der Waals surface area (Å²) in [6.45, 7) is 0. The Morgan fingerprint density at radius 1 is 1.40 bits per heavy atom. The number of anilines is 1. The second-order valence-electron chi connectivity index (χ2n) is 2.99. The highest BCUT2D eigenvalue weighted by atomic mass is 79.9. The number of benzene rings is 1. The predicted molar refractivity (Wildman–Crippen MR) is 60.5 cm³/mol. The number of pyridine rings is 1. The summed E-state index contributed by atoms with van der Waals surface area (Å²) in [5, 5.41) is 11.3. The Morgan fingerprint density at radius 2 is 2.13 bits per heavy atom. The number of hydrogen-bond donors (Lipinski definition) is 1. The highest BCUT2D eigenvalue weighted by molar-refractivity contribution is 9.10. The molecule has 0 aliphatic heterocycles. The van der Waals surface area contributed by atoms with E-state index >= 15 is 0 Å². The Labute approximate surface area is 93.2 Å². The average molecular weight is 268 g/mol. The smallest absolute Gasteiger partial charge is 0.311 e. The summed E-state index contributed by atoms with van der Waals surface area (Å²) in [4.78, 5) is 14.0. The first-order valence-electron chi connectivity index (χ1n) is 4.08. The monoisotopic (exact) mass is 267 g/mol. The van der Waals surface area contributed by atoms with Crippen molar-refractivity contribution < 1.29 is 4.92 Å². The van der Waals surface area contributed by atoms with E-state index in [0.29, 0.717) is 10.9 Å². The average Bonchev–Trinajstić information content (AvgIpc) is 2.15. The number of hydrogen-bond acceptors (Lipinski definition) is 4. The van der Waals surface area contributed by atoms with Crippen LogP contribution in [-0.4, -0.2) is 9.91 Å². The molecule has 2 N–H and O–H groups in total. The van der Waals surface area contributed by atoms with Crippen molar-refractivity contribution in [2.45, 2.75) is 0 Å². The van der Waals surface area contributed by atoms with E-state index < -0.39 is 4.92 Å². The van der Waals surface area contributed by atoms with E-state index in [1.54, 1.807) is 18.2 Å². The van der Waals surface area contributed by atoms with Gasteiger partial charge in [0.1, 0.15) is 0 Å². The minimum atomic E-state index is -0.538. The molecule has 1 aromatic carbocycles. The van der Waals surface area contributed by atoms with Crippen molar-refractivity contribution in [3.63, 3.8) is 0 Å². The van der Waals surface area contributed by atoms with Crippen molar-refractivity contribution in [2.24, 2.45) is 0 Å². The van der Waals surface area contributed by atoms with E-state index in [1.807, 2.05) is 0 Å². The van der Waals surface area contributed by atoms with Gasteiger partial charge in [0.05, 0.1) is 10.4 Å². The van der Waals surface area contributed by atoms with Gasteiger partial charge in [-0.25, -0.2) is 4.98 Å².